The quantitative estimate of drug-likeness (QED) is 0.663. The number of hydrogen-bond acceptors (Lipinski definition) is 4. The average molecular weight is 366 g/mol. The van der Waals surface area contributed by atoms with Gasteiger partial charge in [-0.2, -0.15) is 0 Å². The van der Waals surface area contributed by atoms with Crippen LogP contribution >= 0.6 is 0 Å². The normalized spacial score (nSPS) is 10.3. The molecule has 0 atom stereocenters. The second-order valence-electron chi connectivity index (χ2n) is 5.78. The van der Waals surface area contributed by atoms with Crippen molar-refractivity contribution in [3.8, 4) is 11.5 Å². The number of carbonyl (C=O) groups excluding carboxylic acids is 1. The minimum Gasteiger partial charge on any atom is -0.487 e. The molecule has 0 radical (unpaired) electrons. The third-order valence-corrected chi connectivity index (χ3v) is 3.67. The lowest BCUT2D eigenvalue weighted by Crippen LogP contribution is -2.28. The molecule has 0 spiro atoms. The summed E-state index contributed by atoms with van der Waals surface area (Å²) < 4.78 is 24.1. The van der Waals surface area contributed by atoms with Crippen molar-refractivity contribution in [3.05, 3.63) is 90.0 Å². The van der Waals surface area contributed by atoms with E-state index in [2.05, 4.69) is 10.3 Å². The van der Waals surface area contributed by atoms with Gasteiger partial charge in [0.1, 0.15) is 23.9 Å². The second kappa shape index (κ2) is 9.33. The highest BCUT2D eigenvalue weighted by molar-refractivity contribution is 5.77. The van der Waals surface area contributed by atoms with Gasteiger partial charge in [-0.05, 0) is 42.0 Å². The number of nitrogens with zero attached hydrogens (tertiary/aromatic N) is 1. The summed E-state index contributed by atoms with van der Waals surface area (Å²) in [5.74, 6) is 0.313. The number of ether oxygens (including phenoxy) is 2. The van der Waals surface area contributed by atoms with Crippen molar-refractivity contribution in [1.82, 2.24) is 10.3 Å². The zero-order valence-electron chi connectivity index (χ0n) is 14.6. The monoisotopic (exact) mass is 366 g/mol. The number of aromatic nitrogens is 1. The van der Waals surface area contributed by atoms with E-state index in [4.69, 9.17) is 9.47 Å². The Balaban J connectivity index is 1.45. The topological polar surface area (TPSA) is 60.5 Å². The molecule has 0 saturated heterocycles. The molecule has 0 saturated carbocycles. The zero-order valence-corrected chi connectivity index (χ0v) is 14.6. The molecule has 1 N–H and O–H groups in total. The molecule has 1 aromatic heterocycles. The number of nitrogens with one attached hydrogen (secondary N) is 1. The van der Waals surface area contributed by atoms with Crippen LogP contribution in [0.15, 0.2) is 72.9 Å². The fraction of sp³-hybridized carbons (Fsp3) is 0.143. The lowest BCUT2D eigenvalue weighted by molar-refractivity contribution is -0.123. The maximum absolute atomic E-state index is 13.1. The van der Waals surface area contributed by atoms with Gasteiger partial charge in [0.2, 0.25) is 0 Å². The van der Waals surface area contributed by atoms with Crippen LogP contribution in [0.1, 0.15) is 11.3 Å². The number of pyridine rings is 1. The third-order valence-electron chi connectivity index (χ3n) is 3.67. The van der Waals surface area contributed by atoms with Crippen molar-refractivity contribution < 1.29 is 18.7 Å². The van der Waals surface area contributed by atoms with Gasteiger partial charge in [0.25, 0.3) is 5.91 Å². The lowest BCUT2D eigenvalue weighted by Gasteiger charge is -2.10. The molecule has 0 aliphatic heterocycles. The van der Waals surface area contributed by atoms with E-state index >= 15 is 0 Å². The lowest BCUT2D eigenvalue weighted by atomic mass is 10.2. The minimum absolute atomic E-state index is 0.181. The Labute approximate surface area is 156 Å². The molecule has 1 heterocycles. The van der Waals surface area contributed by atoms with Crippen molar-refractivity contribution in [2.24, 2.45) is 0 Å². The maximum Gasteiger partial charge on any atom is 0.258 e. The SMILES string of the molecule is O=C(COc1cccc(F)c1)NCc1cccc(OCc2ccccn2)c1. The van der Waals surface area contributed by atoms with Crippen LogP contribution in [0.3, 0.4) is 0 Å². The van der Waals surface area contributed by atoms with Gasteiger partial charge in [-0.15, -0.1) is 0 Å². The molecule has 0 fully saturated rings. The number of amides is 1. The van der Waals surface area contributed by atoms with Crippen LogP contribution in [-0.4, -0.2) is 17.5 Å². The molecular formula is C21H19FN2O3. The summed E-state index contributed by atoms with van der Waals surface area (Å²) in [5.41, 5.74) is 1.73. The number of hydrogen-bond donors (Lipinski definition) is 1. The van der Waals surface area contributed by atoms with Crippen molar-refractivity contribution in [2.75, 3.05) is 6.61 Å². The average Bonchev–Trinajstić information content (AvgIpc) is 2.70. The fourth-order valence-electron chi connectivity index (χ4n) is 2.34. The first kappa shape index (κ1) is 18.4. The van der Waals surface area contributed by atoms with Gasteiger partial charge >= 0.3 is 0 Å². The molecule has 3 aromatic rings. The molecule has 0 aliphatic rings. The molecule has 6 heteroatoms. The maximum atomic E-state index is 13.1. The predicted molar refractivity (Wildman–Crippen MR) is 98.8 cm³/mol. The molecule has 0 unspecified atom stereocenters. The van der Waals surface area contributed by atoms with E-state index in [0.29, 0.717) is 24.7 Å². The van der Waals surface area contributed by atoms with E-state index in [-0.39, 0.29) is 12.5 Å². The highest BCUT2D eigenvalue weighted by Crippen LogP contribution is 2.15. The molecular weight excluding hydrogens is 347 g/mol. The summed E-state index contributed by atoms with van der Waals surface area (Å²) in [7, 11) is 0. The van der Waals surface area contributed by atoms with E-state index in [1.807, 2.05) is 42.5 Å². The first-order valence-electron chi connectivity index (χ1n) is 8.46. The van der Waals surface area contributed by atoms with Crippen LogP contribution in [0.2, 0.25) is 0 Å². The molecule has 3 rings (SSSR count). The summed E-state index contributed by atoms with van der Waals surface area (Å²) in [5, 5.41) is 2.76. The molecule has 27 heavy (non-hydrogen) atoms. The van der Waals surface area contributed by atoms with Crippen LogP contribution in [0.25, 0.3) is 0 Å². The van der Waals surface area contributed by atoms with Gasteiger partial charge in [-0.1, -0.05) is 24.3 Å². The highest BCUT2D eigenvalue weighted by Gasteiger charge is 2.05. The Morgan fingerprint density at radius 1 is 0.963 bits per heavy atom. The van der Waals surface area contributed by atoms with Crippen LogP contribution in [0.5, 0.6) is 11.5 Å². The summed E-state index contributed by atoms with van der Waals surface area (Å²) in [6.45, 7) is 0.531. The number of benzene rings is 2. The Bertz CT molecular complexity index is 887. The Kier molecular flexibility index (Phi) is 6.35. The number of halogens is 1. The summed E-state index contributed by atoms with van der Waals surface area (Å²) in [6.07, 6.45) is 1.72. The molecule has 2 aromatic carbocycles. The van der Waals surface area contributed by atoms with Crippen LogP contribution in [0.4, 0.5) is 4.39 Å². The van der Waals surface area contributed by atoms with E-state index < -0.39 is 5.82 Å². The largest absolute Gasteiger partial charge is 0.487 e. The minimum atomic E-state index is -0.407. The third kappa shape index (κ3) is 6.11. The van der Waals surface area contributed by atoms with Crippen LogP contribution < -0.4 is 14.8 Å². The molecule has 0 aliphatic carbocycles. The Morgan fingerprint density at radius 2 is 1.78 bits per heavy atom. The smallest absolute Gasteiger partial charge is 0.258 e. The standard InChI is InChI=1S/C21H19FN2O3/c22-17-6-4-9-20(12-17)27-15-21(25)24-13-16-5-3-8-19(11-16)26-14-18-7-1-2-10-23-18/h1-12H,13-15H2,(H,24,25). The van der Waals surface area contributed by atoms with Gasteiger partial charge in [-0.25, -0.2) is 4.39 Å². The molecule has 0 bridgehead atoms. The van der Waals surface area contributed by atoms with E-state index in [1.165, 1.54) is 18.2 Å². The van der Waals surface area contributed by atoms with Gasteiger partial charge in [0.05, 0.1) is 5.69 Å². The van der Waals surface area contributed by atoms with E-state index in [1.54, 1.807) is 12.3 Å². The van der Waals surface area contributed by atoms with Crippen molar-refractivity contribution in [3.63, 3.8) is 0 Å². The van der Waals surface area contributed by atoms with Gasteiger partial charge in [0.15, 0.2) is 6.61 Å². The summed E-state index contributed by atoms with van der Waals surface area (Å²) >= 11 is 0. The molecule has 138 valence electrons. The van der Waals surface area contributed by atoms with E-state index in [0.717, 1.165) is 11.3 Å². The van der Waals surface area contributed by atoms with Gasteiger partial charge < -0.3 is 14.8 Å². The molecule has 1 amide bonds. The second-order valence-corrected chi connectivity index (χ2v) is 5.78. The first-order valence-corrected chi connectivity index (χ1v) is 8.46. The van der Waals surface area contributed by atoms with Crippen molar-refractivity contribution in [1.29, 1.82) is 0 Å². The van der Waals surface area contributed by atoms with Crippen molar-refractivity contribution >= 4 is 5.91 Å². The van der Waals surface area contributed by atoms with Crippen molar-refractivity contribution in [2.45, 2.75) is 13.2 Å². The fourth-order valence-corrected chi connectivity index (χ4v) is 2.34. The first-order chi connectivity index (χ1) is 13.2. The number of rotatable bonds is 8. The van der Waals surface area contributed by atoms with E-state index in [9.17, 15) is 9.18 Å². The predicted octanol–water partition coefficient (Wildman–Crippen LogP) is 3.49. The van der Waals surface area contributed by atoms with Gasteiger partial charge in [0, 0.05) is 18.8 Å². The van der Waals surface area contributed by atoms with Crippen LogP contribution in [0, 0.1) is 5.82 Å². The summed E-state index contributed by atoms with van der Waals surface area (Å²) in [6, 6.07) is 18.8. The highest BCUT2D eigenvalue weighted by atomic mass is 19.1. The summed E-state index contributed by atoms with van der Waals surface area (Å²) in [4.78, 5) is 16.1. The number of carbonyl (C=O) groups is 1. The Morgan fingerprint density at radius 3 is 2.56 bits per heavy atom. The molecule has 5 nitrogen and oxygen atoms in total. The van der Waals surface area contributed by atoms with Gasteiger partial charge in [-0.3, -0.25) is 9.78 Å². The van der Waals surface area contributed by atoms with Crippen LogP contribution in [-0.2, 0) is 17.9 Å². The zero-order chi connectivity index (χ0) is 18.9. The Hall–Kier alpha value is -3.41.